The normalized spacial score (nSPS) is 13.7. The second-order valence-corrected chi connectivity index (χ2v) is 5.81. The van der Waals surface area contributed by atoms with Gasteiger partial charge in [-0.3, -0.25) is 20.0 Å². The topological polar surface area (TPSA) is 74.2 Å². The van der Waals surface area contributed by atoms with Crippen molar-refractivity contribution in [2.45, 2.75) is 6.54 Å². The number of rotatable bonds is 5. The summed E-state index contributed by atoms with van der Waals surface area (Å²) < 4.78 is 5.32. The number of carbonyl (C=O) groups is 2. The first-order chi connectivity index (χ1) is 12.6. The maximum absolute atomic E-state index is 12.7. The van der Waals surface area contributed by atoms with E-state index in [2.05, 4.69) is 10.4 Å². The summed E-state index contributed by atoms with van der Waals surface area (Å²) in [5.41, 5.74) is 4.37. The van der Waals surface area contributed by atoms with Crippen LogP contribution >= 0.6 is 0 Å². The van der Waals surface area contributed by atoms with E-state index in [1.165, 1.54) is 9.91 Å². The quantitative estimate of drug-likeness (QED) is 0.887. The molecule has 0 saturated carbocycles. The summed E-state index contributed by atoms with van der Waals surface area (Å²) >= 11 is 0. The number of hydrogen-bond acceptors (Lipinski definition) is 5. The van der Waals surface area contributed by atoms with Crippen LogP contribution in [0.1, 0.15) is 5.56 Å². The number of para-hydroxylation sites is 2. The molecule has 0 radical (unpaired) electrons. The molecule has 26 heavy (non-hydrogen) atoms. The van der Waals surface area contributed by atoms with Crippen molar-refractivity contribution in [1.82, 2.24) is 10.3 Å². The largest absolute Gasteiger partial charge is 0.496 e. The van der Waals surface area contributed by atoms with Crippen LogP contribution in [0, 0.1) is 0 Å². The van der Waals surface area contributed by atoms with Gasteiger partial charge in [0.15, 0.2) is 0 Å². The number of methoxy groups -OCH3 is 1. The number of nitrogens with zero attached hydrogens (tertiary/aromatic N) is 3. The van der Waals surface area contributed by atoms with Crippen LogP contribution in [0.3, 0.4) is 0 Å². The van der Waals surface area contributed by atoms with Crippen molar-refractivity contribution in [3.8, 4) is 5.75 Å². The minimum absolute atomic E-state index is 0.0779. The SMILES string of the molecule is COc1ccccc1CN(C)C(=O)C1=NCC(=O)N(c2ccccc2)N1. The summed E-state index contributed by atoms with van der Waals surface area (Å²) in [6.45, 7) is 0.286. The first-order valence-electron chi connectivity index (χ1n) is 8.16. The van der Waals surface area contributed by atoms with Crippen molar-refractivity contribution in [3.05, 3.63) is 60.2 Å². The lowest BCUT2D eigenvalue weighted by Gasteiger charge is -2.29. The van der Waals surface area contributed by atoms with Crippen molar-refractivity contribution in [2.75, 3.05) is 25.7 Å². The molecule has 7 heteroatoms. The molecule has 0 fully saturated rings. The Labute approximate surface area is 151 Å². The van der Waals surface area contributed by atoms with E-state index in [9.17, 15) is 9.59 Å². The van der Waals surface area contributed by atoms with Gasteiger partial charge >= 0.3 is 0 Å². The Morgan fingerprint density at radius 1 is 1.19 bits per heavy atom. The zero-order valence-electron chi connectivity index (χ0n) is 14.7. The molecule has 2 aromatic rings. The third kappa shape index (κ3) is 3.66. The van der Waals surface area contributed by atoms with Gasteiger partial charge < -0.3 is 9.64 Å². The molecule has 0 saturated heterocycles. The molecule has 0 spiro atoms. The molecule has 3 rings (SSSR count). The molecular formula is C19H20N4O3. The molecule has 2 amide bonds. The summed E-state index contributed by atoms with van der Waals surface area (Å²) in [5, 5.41) is 1.34. The Morgan fingerprint density at radius 2 is 1.88 bits per heavy atom. The summed E-state index contributed by atoms with van der Waals surface area (Å²) in [5.74, 6) is 0.321. The summed E-state index contributed by atoms with van der Waals surface area (Å²) in [6, 6.07) is 16.6. The van der Waals surface area contributed by atoms with Gasteiger partial charge in [0.2, 0.25) is 5.84 Å². The van der Waals surface area contributed by atoms with Gasteiger partial charge in [-0.15, -0.1) is 0 Å². The van der Waals surface area contributed by atoms with Crippen LogP contribution in [0.4, 0.5) is 5.69 Å². The van der Waals surface area contributed by atoms with Crippen molar-refractivity contribution in [2.24, 2.45) is 4.99 Å². The van der Waals surface area contributed by atoms with Crippen molar-refractivity contribution in [1.29, 1.82) is 0 Å². The molecular weight excluding hydrogens is 332 g/mol. The second kappa shape index (κ2) is 7.69. The number of anilines is 1. The fourth-order valence-corrected chi connectivity index (χ4v) is 2.66. The number of aliphatic imine (C=N–C) groups is 1. The van der Waals surface area contributed by atoms with Gasteiger partial charge in [0.1, 0.15) is 12.3 Å². The van der Waals surface area contributed by atoms with E-state index in [1.807, 2.05) is 42.5 Å². The van der Waals surface area contributed by atoms with Crippen molar-refractivity contribution >= 4 is 23.3 Å². The van der Waals surface area contributed by atoms with Gasteiger partial charge in [0, 0.05) is 19.2 Å². The Morgan fingerprint density at radius 3 is 2.62 bits per heavy atom. The average molecular weight is 352 g/mol. The minimum Gasteiger partial charge on any atom is -0.496 e. The summed E-state index contributed by atoms with van der Waals surface area (Å²) in [7, 11) is 3.28. The van der Waals surface area contributed by atoms with Gasteiger partial charge in [-0.1, -0.05) is 36.4 Å². The third-order valence-electron chi connectivity index (χ3n) is 4.00. The second-order valence-electron chi connectivity index (χ2n) is 5.81. The molecule has 1 aliphatic rings. The number of nitrogens with one attached hydrogen (secondary N) is 1. The highest BCUT2D eigenvalue weighted by Gasteiger charge is 2.27. The number of amides is 2. The van der Waals surface area contributed by atoms with Crippen LogP contribution in [0.15, 0.2) is 59.6 Å². The van der Waals surface area contributed by atoms with Gasteiger partial charge in [-0.25, -0.2) is 5.01 Å². The highest BCUT2D eigenvalue weighted by molar-refractivity contribution is 6.39. The fraction of sp³-hybridized carbons (Fsp3) is 0.211. The molecule has 0 aliphatic carbocycles. The van der Waals surface area contributed by atoms with E-state index in [0.29, 0.717) is 18.0 Å². The maximum atomic E-state index is 12.7. The van der Waals surface area contributed by atoms with Gasteiger partial charge in [0.25, 0.3) is 11.8 Å². The molecule has 0 atom stereocenters. The summed E-state index contributed by atoms with van der Waals surface area (Å²) in [6.07, 6.45) is 0. The van der Waals surface area contributed by atoms with Crippen LogP contribution in [-0.4, -0.2) is 43.3 Å². The first kappa shape index (κ1) is 17.5. The molecule has 0 unspecified atom stereocenters. The van der Waals surface area contributed by atoms with E-state index in [-0.39, 0.29) is 24.2 Å². The number of ether oxygens (including phenoxy) is 1. The van der Waals surface area contributed by atoms with Crippen molar-refractivity contribution < 1.29 is 14.3 Å². The van der Waals surface area contributed by atoms with Crippen LogP contribution in [0.5, 0.6) is 5.75 Å². The molecule has 7 nitrogen and oxygen atoms in total. The molecule has 1 aliphatic heterocycles. The monoisotopic (exact) mass is 352 g/mol. The third-order valence-corrected chi connectivity index (χ3v) is 4.00. The summed E-state index contributed by atoms with van der Waals surface area (Å²) in [4.78, 5) is 30.5. The molecule has 1 heterocycles. The van der Waals surface area contributed by atoms with E-state index < -0.39 is 0 Å². The van der Waals surface area contributed by atoms with Crippen LogP contribution in [-0.2, 0) is 16.1 Å². The van der Waals surface area contributed by atoms with Crippen LogP contribution < -0.4 is 15.2 Å². The molecule has 0 bridgehead atoms. The number of hydrogen-bond donors (Lipinski definition) is 1. The Hall–Kier alpha value is -3.35. The van der Waals surface area contributed by atoms with E-state index in [4.69, 9.17) is 4.74 Å². The van der Waals surface area contributed by atoms with E-state index >= 15 is 0 Å². The first-order valence-corrected chi connectivity index (χ1v) is 8.16. The van der Waals surface area contributed by atoms with Gasteiger partial charge in [0.05, 0.1) is 12.8 Å². The number of benzene rings is 2. The lowest BCUT2D eigenvalue weighted by atomic mass is 10.2. The lowest BCUT2D eigenvalue weighted by molar-refractivity contribution is -0.123. The molecule has 0 aromatic heterocycles. The lowest BCUT2D eigenvalue weighted by Crippen LogP contribution is -2.55. The maximum Gasteiger partial charge on any atom is 0.290 e. The Bertz CT molecular complexity index is 836. The highest BCUT2D eigenvalue weighted by atomic mass is 16.5. The predicted molar refractivity (Wildman–Crippen MR) is 98.8 cm³/mol. The van der Waals surface area contributed by atoms with Crippen LogP contribution in [0.2, 0.25) is 0 Å². The molecule has 2 aromatic carbocycles. The highest BCUT2D eigenvalue weighted by Crippen LogP contribution is 2.19. The van der Waals surface area contributed by atoms with Gasteiger partial charge in [-0.05, 0) is 18.2 Å². The zero-order valence-corrected chi connectivity index (χ0v) is 14.7. The average Bonchev–Trinajstić information content (AvgIpc) is 2.69. The number of amidine groups is 1. The number of hydrazine groups is 1. The minimum atomic E-state index is -0.302. The van der Waals surface area contributed by atoms with E-state index in [0.717, 1.165) is 5.56 Å². The van der Waals surface area contributed by atoms with Crippen molar-refractivity contribution in [3.63, 3.8) is 0 Å². The Kier molecular flexibility index (Phi) is 5.17. The Balaban J connectivity index is 1.74. The smallest absolute Gasteiger partial charge is 0.290 e. The van der Waals surface area contributed by atoms with Gasteiger partial charge in [-0.2, -0.15) is 0 Å². The standard InChI is InChI=1S/C19H20N4O3/c1-22(13-14-8-6-7-11-16(14)26-2)19(25)18-20-12-17(24)23(21-18)15-9-4-3-5-10-15/h3-11H,12-13H2,1-2H3,(H,20,21). The number of carbonyl (C=O) groups excluding carboxylic acids is 2. The predicted octanol–water partition coefficient (Wildman–Crippen LogP) is 1.60. The fourth-order valence-electron chi connectivity index (χ4n) is 2.66. The molecule has 134 valence electrons. The van der Waals surface area contributed by atoms with E-state index in [1.54, 1.807) is 26.3 Å². The van der Waals surface area contributed by atoms with Crippen LogP contribution in [0.25, 0.3) is 0 Å². The number of likely N-dealkylation sites (N-methyl/N-ethyl adjacent to an activating group) is 1. The molecule has 1 N–H and O–H groups in total. The zero-order chi connectivity index (χ0) is 18.5.